The maximum Gasteiger partial charge on any atom is 0.186 e. The second kappa shape index (κ2) is 15.2. The summed E-state index contributed by atoms with van der Waals surface area (Å²) in [4.78, 5) is 22.6. The van der Waals surface area contributed by atoms with Gasteiger partial charge in [-0.15, -0.1) is 0 Å². The monoisotopic (exact) mass is 371 g/mol. The van der Waals surface area contributed by atoms with Crippen LogP contribution < -0.4 is 5.11 Å². The van der Waals surface area contributed by atoms with Gasteiger partial charge in [0, 0.05) is 18.8 Å². The van der Waals surface area contributed by atoms with E-state index in [1.165, 1.54) is 57.8 Å². The molecule has 0 spiro atoms. The molecule has 0 heterocycles. The lowest BCUT2D eigenvalue weighted by molar-refractivity contribution is -0.885. The molecule has 5 nitrogen and oxygen atoms in total. The minimum absolute atomic E-state index is 0.187. The zero-order valence-electron chi connectivity index (χ0n) is 17.3. The van der Waals surface area contributed by atoms with Crippen LogP contribution in [0.15, 0.2) is 0 Å². The smallest absolute Gasteiger partial charge is 0.186 e. The zero-order chi connectivity index (χ0) is 19.8. The summed E-state index contributed by atoms with van der Waals surface area (Å²) in [5.41, 5.74) is 0. The number of carbonyl (C=O) groups is 2. The average molecular weight is 372 g/mol. The number of ketones is 1. The molecule has 0 rings (SSSR count). The summed E-state index contributed by atoms with van der Waals surface area (Å²) < 4.78 is 0.311. The minimum atomic E-state index is -1.26. The number of aliphatic hydroxyl groups is 1. The second-order valence-corrected chi connectivity index (χ2v) is 8.33. The number of carboxylic acids is 1. The molecule has 1 N–H and O–H groups in total. The van der Waals surface area contributed by atoms with Gasteiger partial charge < -0.3 is 19.5 Å². The van der Waals surface area contributed by atoms with Crippen LogP contribution in [0, 0.1) is 0 Å². The van der Waals surface area contributed by atoms with E-state index in [4.69, 9.17) is 0 Å². The number of unbranched alkanes of at least 4 members (excludes halogenated alkanes) is 10. The van der Waals surface area contributed by atoms with Crippen molar-refractivity contribution < 1.29 is 24.3 Å². The first-order chi connectivity index (χ1) is 12.3. The van der Waals surface area contributed by atoms with Gasteiger partial charge in [0.1, 0.15) is 19.2 Å². The lowest BCUT2D eigenvalue weighted by Gasteiger charge is -2.31. The summed E-state index contributed by atoms with van der Waals surface area (Å²) in [6.07, 6.45) is 13.1. The van der Waals surface area contributed by atoms with Crippen molar-refractivity contribution in [3.8, 4) is 0 Å². The molecule has 0 saturated heterocycles. The van der Waals surface area contributed by atoms with E-state index in [0.29, 0.717) is 17.4 Å². The van der Waals surface area contributed by atoms with Gasteiger partial charge in [-0.25, -0.2) is 0 Å². The van der Waals surface area contributed by atoms with Gasteiger partial charge in [-0.2, -0.15) is 0 Å². The van der Waals surface area contributed by atoms with E-state index in [0.717, 1.165) is 12.8 Å². The third-order valence-electron chi connectivity index (χ3n) is 4.77. The van der Waals surface area contributed by atoms with Gasteiger partial charge in [0.25, 0.3) is 0 Å². The van der Waals surface area contributed by atoms with Crippen LogP contribution >= 0.6 is 0 Å². The molecule has 5 heteroatoms. The number of aliphatic hydroxyl groups excluding tert-OH is 1. The number of rotatable bonds is 18. The van der Waals surface area contributed by atoms with Gasteiger partial charge >= 0.3 is 0 Å². The number of hydrogen-bond donors (Lipinski definition) is 1. The molecule has 0 aromatic rings. The summed E-state index contributed by atoms with van der Waals surface area (Å²) >= 11 is 0. The van der Waals surface area contributed by atoms with E-state index in [1.807, 2.05) is 14.1 Å². The molecule has 0 amide bonds. The summed E-state index contributed by atoms with van der Waals surface area (Å²) in [6.45, 7) is 2.82. The molecular weight excluding hydrogens is 330 g/mol. The van der Waals surface area contributed by atoms with E-state index in [-0.39, 0.29) is 18.7 Å². The van der Waals surface area contributed by atoms with Crippen molar-refractivity contribution in [1.82, 2.24) is 0 Å². The van der Waals surface area contributed by atoms with Crippen LogP contribution in [0.2, 0.25) is 0 Å². The summed E-state index contributed by atoms with van der Waals surface area (Å²) in [5.74, 6) is -1.07. The molecule has 0 aromatic carbocycles. The van der Waals surface area contributed by atoms with Crippen molar-refractivity contribution in [2.24, 2.45) is 0 Å². The van der Waals surface area contributed by atoms with Gasteiger partial charge in [-0.3, -0.25) is 4.79 Å². The fraction of sp³-hybridized carbons (Fsp3) is 0.905. The summed E-state index contributed by atoms with van der Waals surface area (Å²) in [7, 11) is 3.69. The van der Waals surface area contributed by atoms with Crippen molar-refractivity contribution in [1.29, 1.82) is 0 Å². The standard InChI is InChI=1S/C21H41NO4/c1-4-5-6-7-8-9-10-11-12-13-14-15-19(23)17-22(2,3)18-20(24)16-21(25)26/h20,24H,4-18H2,1-3H3. The third kappa shape index (κ3) is 16.5. The molecule has 0 aromatic heterocycles. The van der Waals surface area contributed by atoms with Crippen LogP contribution in [0.1, 0.15) is 90.4 Å². The lowest BCUT2D eigenvalue weighted by Crippen LogP contribution is -2.49. The van der Waals surface area contributed by atoms with E-state index < -0.39 is 12.1 Å². The van der Waals surface area contributed by atoms with Crippen molar-refractivity contribution in [3.05, 3.63) is 0 Å². The highest BCUT2D eigenvalue weighted by Crippen LogP contribution is 2.12. The molecule has 0 bridgehead atoms. The van der Waals surface area contributed by atoms with Crippen LogP contribution in [-0.2, 0) is 9.59 Å². The molecule has 0 aliphatic carbocycles. The first-order valence-electron chi connectivity index (χ1n) is 10.5. The Labute approximate surface area is 160 Å². The highest BCUT2D eigenvalue weighted by Gasteiger charge is 2.23. The Morgan fingerprint density at radius 3 is 1.81 bits per heavy atom. The number of likely N-dealkylation sites (N-methyl/N-ethyl adjacent to an activating group) is 1. The Kier molecular flexibility index (Phi) is 14.6. The van der Waals surface area contributed by atoms with Crippen LogP contribution in [0.4, 0.5) is 0 Å². The quantitative estimate of drug-likeness (QED) is 0.297. The molecule has 1 unspecified atom stereocenters. The fourth-order valence-electron chi connectivity index (χ4n) is 3.43. The zero-order valence-corrected chi connectivity index (χ0v) is 17.3. The number of carbonyl (C=O) groups excluding carboxylic acids is 2. The van der Waals surface area contributed by atoms with Crippen molar-refractivity contribution in [2.45, 2.75) is 96.5 Å². The lowest BCUT2D eigenvalue weighted by atomic mass is 10.0. The number of aliphatic carboxylic acids is 1. The fourth-order valence-corrected chi connectivity index (χ4v) is 3.43. The molecule has 1 atom stereocenters. The first-order valence-corrected chi connectivity index (χ1v) is 10.5. The molecule has 0 aliphatic heterocycles. The second-order valence-electron chi connectivity index (χ2n) is 8.33. The van der Waals surface area contributed by atoms with Gasteiger partial charge in [0.05, 0.1) is 14.1 Å². The van der Waals surface area contributed by atoms with Crippen molar-refractivity contribution in [2.75, 3.05) is 27.2 Å². The predicted molar refractivity (Wildman–Crippen MR) is 104 cm³/mol. The molecule has 26 heavy (non-hydrogen) atoms. The number of quaternary nitrogens is 1. The Hall–Kier alpha value is -0.940. The number of nitrogens with zero attached hydrogens (tertiary/aromatic N) is 1. The average Bonchev–Trinajstić information content (AvgIpc) is 2.50. The van der Waals surface area contributed by atoms with Crippen molar-refractivity contribution in [3.63, 3.8) is 0 Å². The summed E-state index contributed by atoms with van der Waals surface area (Å²) in [5, 5.41) is 20.2. The summed E-state index contributed by atoms with van der Waals surface area (Å²) in [6, 6.07) is 0. The third-order valence-corrected chi connectivity index (χ3v) is 4.77. The molecular formula is C21H41NO4. The highest BCUT2D eigenvalue weighted by molar-refractivity contribution is 5.79. The maximum atomic E-state index is 12.1. The predicted octanol–water partition coefficient (Wildman–Crippen LogP) is 2.83. The topological polar surface area (TPSA) is 77.4 Å². The van der Waals surface area contributed by atoms with E-state index in [2.05, 4.69) is 6.92 Å². The molecule has 0 radical (unpaired) electrons. The Balaban J connectivity index is 3.62. The van der Waals surface area contributed by atoms with Crippen LogP contribution in [-0.4, -0.2) is 54.6 Å². The molecule has 0 fully saturated rings. The van der Waals surface area contributed by atoms with E-state index >= 15 is 0 Å². The first kappa shape index (κ1) is 25.1. The van der Waals surface area contributed by atoms with Crippen molar-refractivity contribution >= 4 is 11.8 Å². The van der Waals surface area contributed by atoms with E-state index in [9.17, 15) is 19.8 Å². The Morgan fingerprint density at radius 1 is 0.885 bits per heavy atom. The van der Waals surface area contributed by atoms with Gasteiger partial charge in [0.15, 0.2) is 5.78 Å². The van der Waals surface area contributed by atoms with Crippen LogP contribution in [0.25, 0.3) is 0 Å². The van der Waals surface area contributed by atoms with Crippen LogP contribution in [0.5, 0.6) is 0 Å². The molecule has 0 aliphatic rings. The largest absolute Gasteiger partial charge is 0.550 e. The van der Waals surface area contributed by atoms with Gasteiger partial charge in [0.2, 0.25) is 0 Å². The van der Waals surface area contributed by atoms with Crippen LogP contribution in [0.3, 0.4) is 0 Å². The minimum Gasteiger partial charge on any atom is -0.550 e. The molecule has 154 valence electrons. The van der Waals surface area contributed by atoms with Gasteiger partial charge in [-0.05, 0) is 6.42 Å². The number of hydrogen-bond acceptors (Lipinski definition) is 4. The van der Waals surface area contributed by atoms with Gasteiger partial charge in [-0.1, -0.05) is 71.1 Å². The SMILES string of the molecule is CCCCCCCCCCCCCC(=O)C[N+](C)(C)CC(O)CC(=O)[O-]. The number of carboxylic acid groups (broad SMARTS) is 1. The maximum absolute atomic E-state index is 12.1. The highest BCUT2D eigenvalue weighted by atomic mass is 16.4. The number of Topliss-reactive ketones (excluding diaryl/α,β-unsaturated/α-hetero) is 1. The Morgan fingerprint density at radius 2 is 1.35 bits per heavy atom. The normalized spacial score (nSPS) is 12.9. The Bertz CT molecular complexity index is 382. The van der Waals surface area contributed by atoms with E-state index in [1.54, 1.807) is 0 Å². The molecule has 0 saturated carbocycles.